The topological polar surface area (TPSA) is 87.1 Å². The van der Waals surface area contributed by atoms with E-state index >= 15 is 0 Å². The first-order valence-corrected chi connectivity index (χ1v) is 16.8. The number of carbonyl (C=O) groups is 2. The number of aromatic nitrogens is 1. The molecule has 2 saturated heterocycles. The van der Waals surface area contributed by atoms with Crippen molar-refractivity contribution in [3.8, 4) is 5.75 Å². The van der Waals surface area contributed by atoms with Crippen LogP contribution in [0.15, 0.2) is 59.5 Å². The van der Waals surface area contributed by atoms with Crippen molar-refractivity contribution in [2.75, 3.05) is 32.7 Å². The molecule has 1 N–H and O–H groups in total. The molecule has 9 nitrogen and oxygen atoms in total. The van der Waals surface area contributed by atoms with Crippen molar-refractivity contribution in [3.05, 3.63) is 99.0 Å². The minimum Gasteiger partial charge on any atom is -0.483 e. The minimum absolute atomic E-state index is 0.0413. The molecule has 1 aromatic heterocycles. The van der Waals surface area contributed by atoms with E-state index in [2.05, 4.69) is 15.1 Å². The zero-order chi connectivity index (χ0) is 32.5. The number of carbonyl (C=O) groups excluding carboxylic acids is 2. The molecule has 1 saturated carbocycles. The molecular weight excluding hydrogens is 604 g/mol. The Morgan fingerprint density at radius 3 is 2.51 bits per heavy atom. The maximum atomic E-state index is 14.6. The van der Waals surface area contributed by atoms with Gasteiger partial charge in [-0.15, -0.1) is 0 Å². The van der Waals surface area contributed by atoms with Gasteiger partial charge in [0.15, 0.2) is 11.4 Å². The predicted octanol–water partition coefficient (Wildman–Crippen LogP) is 4.39. The maximum absolute atomic E-state index is 14.6. The monoisotopic (exact) mass is 645 g/mol. The lowest BCUT2D eigenvalue weighted by molar-refractivity contribution is -0.0752. The van der Waals surface area contributed by atoms with Crippen LogP contribution < -0.4 is 15.5 Å². The lowest BCUT2D eigenvalue weighted by Crippen LogP contribution is -2.68. The van der Waals surface area contributed by atoms with Crippen molar-refractivity contribution >= 4 is 11.8 Å². The third kappa shape index (κ3) is 6.43. The molecule has 11 heteroatoms. The zero-order valence-electron chi connectivity index (χ0n) is 26.5. The van der Waals surface area contributed by atoms with Gasteiger partial charge in [0, 0.05) is 50.0 Å². The second-order valence-electron chi connectivity index (χ2n) is 13.2. The van der Waals surface area contributed by atoms with Gasteiger partial charge in [-0.05, 0) is 56.3 Å². The maximum Gasteiger partial charge on any atom is 0.276 e. The summed E-state index contributed by atoms with van der Waals surface area (Å²) < 4.78 is 35.6. The van der Waals surface area contributed by atoms with Gasteiger partial charge in [-0.2, -0.15) is 0 Å². The van der Waals surface area contributed by atoms with E-state index in [4.69, 9.17) is 4.74 Å². The molecule has 4 aliphatic rings. The van der Waals surface area contributed by atoms with Crippen molar-refractivity contribution in [3.63, 3.8) is 0 Å². The molecule has 0 radical (unpaired) electrons. The second kappa shape index (κ2) is 13.6. The molecule has 0 unspecified atom stereocenters. The number of benzene rings is 2. The standard InChI is InChI=1S/C36H41F2N5O4/c37-27-13-12-25(29(38)18-27)19-39-35(45)28-21-42-22-31-41(17-16-40-14-6-7-15-40)20-26-10-4-5-11-30(26)43(31)36(46)32(42)34(33(28)44)47-23-24-8-2-1-3-9-24/h1-3,8-9,12-13,18,21,26,30-31H,4-7,10-11,14-17,19-20,22-23H2,(H,39,45)/t26-,30-,31-/m0/s1. The number of hydrogen-bond donors (Lipinski definition) is 1. The number of hydrogen-bond acceptors (Lipinski definition) is 6. The fraction of sp³-hybridized carbons (Fsp3) is 0.472. The molecule has 47 heavy (non-hydrogen) atoms. The zero-order valence-corrected chi connectivity index (χ0v) is 26.5. The van der Waals surface area contributed by atoms with Crippen molar-refractivity contribution in [1.82, 2.24) is 24.6 Å². The molecule has 3 fully saturated rings. The van der Waals surface area contributed by atoms with Crippen molar-refractivity contribution in [2.45, 2.75) is 70.4 Å². The summed E-state index contributed by atoms with van der Waals surface area (Å²) in [5, 5.41) is 2.61. The van der Waals surface area contributed by atoms with Gasteiger partial charge >= 0.3 is 0 Å². The molecule has 7 rings (SSSR count). The van der Waals surface area contributed by atoms with Crippen LogP contribution in [0, 0.1) is 17.6 Å². The number of likely N-dealkylation sites (tertiary alicyclic amines) is 1. The third-order valence-electron chi connectivity index (χ3n) is 10.3. The van der Waals surface area contributed by atoms with Crippen LogP contribution in [0.5, 0.6) is 5.75 Å². The van der Waals surface area contributed by atoms with E-state index in [1.807, 2.05) is 35.2 Å². The number of ether oxygens (including phenoxy) is 1. The Bertz CT molecular complexity index is 1690. The summed E-state index contributed by atoms with van der Waals surface area (Å²) in [7, 11) is 0. The Morgan fingerprint density at radius 1 is 0.936 bits per heavy atom. The van der Waals surface area contributed by atoms with Crippen LogP contribution in [0.2, 0.25) is 0 Å². The highest BCUT2D eigenvalue weighted by Crippen LogP contribution is 2.39. The molecule has 2 aromatic carbocycles. The van der Waals surface area contributed by atoms with E-state index in [1.54, 1.807) is 4.57 Å². The number of pyridine rings is 1. The van der Waals surface area contributed by atoms with Crippen LogP contribution in [-0.4, -0.2) is 76.0 Å². The van der Waals surface area contributed by atoms with E-state index in [1.165, 1.54) is 25.1 Å². The Labute approximate surface area is 273 Å². The van der Waals surface area contributed by atoms with Gasteiger partial charge in [-0.25, -0.2) is 8.78 Å². The molecule has 1 aliphatic carbocycles. The molecule has 3 aliphatic heterocycles. The Morgan fingerprint density at radius 2 is 1.72 bits per heavy atom. The van der Waals surface area contributed by atoms with E-state index < -0.39 is 23.0 Å². The van der Waals surface area contributed by atoms with Crippen molar-refractivity contribution < 1.29 is 23.1 Å². The lowest BCUT2D eigenvalue weighted by Gasteiger charge is -2.55. The molecule has 0 spiro atoms. The van der Waals surface area contributed by atoms with Gasteiger partial charge in [0.25, 0.3) is 11.8 Å². The smallest absolute Gasteiger partial charge is 0.276 e. The molecular formula is C36H41F2N5O4. The van der Waals surface area contributed by atoms with E-state index in [0.717, 1.165) is 76.1 Å². The summed E-state index contributed by atoms with van der Waals surface area (Å²) >= 11 is 0. The summed E-state index contributed by atoms with van der Waals surface area (Å²) in [6.07, 6.45) is 7.86. The van der Waals surface area contributed by atoms with Crippen LogP contribution in [0.3, 0.4) is 0 Å². The average Bonchev–Trinajstić information content (AvgIpc) is 3.60. The van der Waals surface area contributed by atoms with E-state index in [-0.39, 0.29) is 53.8 Å². The quantitative estimate of drug-likeness (QED) is 0.372. The Hall–Kier alpha value is -4.09. The number of halogens is 2. The molecule has 2 amide bonds. The summed E-state index contributed by atoms with van der Waals surface area (Å²) in [6, 6.07) is 12.5. The Kier molecular flexibility index (Phi) is 9.09. The third-order valence-corrected chi connectivity index (χ3v) is 10.3. The number of rotatable bonds is 9. The van der Waals surface area contributed by atoms with Gasteiger partial charge < -0.3 is 24.4 Å². The van der Waals surface area contributed by atoms with Gasteiger partial charge in [0.1, 0.15) is 30.0 Å². The highest BCUT2D eigenvalue weighted by Gasteiger charge is 2.49. The largest absolute Gasteiger partial charge is 0.483 e. The number of fused-ring (bicyclic) bond motifs is 4. The van der Waals surface area contributed by atoms with Gasteiger partial charge in [0.2, 0.25) is 5.43 Å². The van der Waals surface area contributed by atoms with Crippen molar-refractivity contribution in [2.24, 2.45) is 5.92 Å². The van der Waals surface area contributed by atoms with Crippen LogP contribution in [0.25, 0.3) is 0 Å². The van der Waals surface area contributed by atoms with Gasteiger partial charge in [-0.3, -0.25) is 19.3 Å². The lowest BCUT2D eigenvalue weighted by atomic mass is 9.80. The first-order valence-electron chi connectivity index (χ1n) is 16.8. The number of nitrogens with zero attached hydrogens (tertiary/aromatic N) is 4. The van der Waals surface area contributed by atoms with Crippen LogP contribution in [-0.2, 0) is 19.7 Å². The highest BCUT2D eigenvalue weighted by atomic mass is 19.1. The van der Waals surface area contributed by atoms with Crippen LogP contribution in [0.4, 0.5) is 8.78 Å². The summed E-state index contributed by atoms with van der Waals surface area (Å²) in [5.41, 5.74) is 0.164. The average molecular weight is 646 g/mol. The number of amides is 2. The summed E-state index contributed by atoms with van der Waals surface area (Å²) in [5.74, 6) is -2.27. The fourth-order valence-electron chi connectivity index (χ4n) is 7.86. The molecule has 4 heterocycles. The van der Waals surface area contributed by atoms with E-state index in [0.29, 0.717) is 12.5 Å². The van der Waals surface area contributed by atoms with Crippen molar-refractivity contribution in [1.29, 1.82) is 0 Å². The fourth-order valence-corrected chi connectivity index (χ4v) is 7.86. The Balaban J connectivity index is 1.24. The number of nitrogens with one attached hydrogen (secondary N) is 1. The second-order valence-corrected chi connectivity index (χ2v) is 13.2. The molecule has 0 bridgehead atoms. The van der Waals surface area contributed by atoms with E-state index in [9.17, 15) is 23.2 Å². The minimum atomic E-state index is -0.794. The van der Waals surface area contributed by atoms with Crippen LogP contribution in [0.1, 0.15) is 70.5 Å². The normalized spacial score (nSPS) is 22.8. The van der Waals surface area contributed by atoms with Crippen LogP contribution >= 0.6 is 0 Å². The molecule has 3 aromatic rings. The van der Waals surface area contributed by atoms with Gasteiger partial charge in [0.05, 0.1) is 6.54 Å². The first kappa shape index (κ1) is 31.5. The molecule has 3 atom stereocenters. The summed E-state index contributed by atoms with van der Waals surface area (Å²) in [6.45, 7) is 5.07. The van der Waals surface area contributed by atoms with Gasteiger partial charge in [-0.1, -0.05) is 49.2 Å². The first-order chi connectivity index (χ1) is 22.9. The highest BCUT2D eigenvalue weighted by molar-refractivity contribution is 5.99. The SMILES string of the molecule is O=C(NCc1ccc(F)cc1F)c1cn2c(c(OCc3ccccc3)c1=O)C(=O)N1[C@H]3CCCC[C@H]3CN(CCN3CCCC3)[C@@H]1C2. The summed E-state index contributed by atoms with van der Waals surface area (Å²) in [4.78, 5) is 49.1. The molecule has 248 valence electrons. The predicted molar refractivity (Wildman–Crippen MR) is 172 cm³/mol.